The lowest BCUT2D eigenvalue weighted by Gasteiger charge is -2.23. The molecule has 0 aliphatic heterocycles. The Balaban J connectivity index is 2.10. The van der Waals surface area contributed by atoms with Gasteiger partial charge in [0.05, 0.1) is 0 Å². The van der Waals surface area contributed by atoms with Gasteiger partial charge in [0, 0.05) is 11.3 Å². The Hall–Kier alpha value is -2.09. The molecule has 2 nitrogen and oxygen atoms in total. The van der Waals surface area contributed by atoms with Gasteiger partial charge in [0.15, 0.2) is 0 Å². The Morgan fingerprint density at radius 3 is 2.10 bits per heavy atom. The molecule has 0 radical (unpaired) electrons. The second-order valence-electron chi connectivity index (χ2n) is 6.13. The first-order valence-corrected chi connectivity index (χ1v) is 7.41. The molecule has 0 aliphatic rings. The first-order valence-electron chi connectivity index (χ1n) is 7.41. The molecule has 1 N–H and O–H groups in total. The summed E-state index contributed by atoms with van der Waals surface area (Å²) in [6, 6.07) is 15.7. The van der Waals surface area contributed by atoms with E-state index in [4.69, 9.17) is 0 Å². The highest BCUT2D eigenvalue weighted by Crippen LogP contribution is 2.27. The molecular weight excluding hydrogens is 258 g/mol. The average Bonchev–Trinajstić information content (AvgIpc) is 2.48. The van der Waals surface area contributed by atoms with E-state index >= 15 is 0 Å². The zero-order valence-corrected chi connectivity index (χ0v) is 13.2. The van der Waals surface area contributed by atoms with Crippen LogP contribution in [0.3, 0.4) is 0 Å². The van der Waals surface area contributed by atoms with Crippen LogP contribution in [-0.4, -0.2) is 5.91 Å². The van der Waals surface area contributed by atoms with E-state index in [0.29, 0.717) is 5.56 Å². The summed E-state index contributed by atoms with van der Waals surface area (Å²) in [5, 5.41) is 2.94. The molecule has 0 saturated heterocycles. The molecule has 0 bridgehead atoms. The molecule has 0 fully saturated rings. The van der Waals surface area contributed by atoms with Gasteiger partial charge >= 0.3 is 0 Å². The van der Waals surface area contributed by atoms with E-state index in [1.54, 1.807) is 0 Å². The molecule has 2 heteroatoms. The van der Waals surface area contributed by atoms with Gasteiger partial charge < -0.3 is 5.32 Å². The second-order valence-corrected chi connectivity index (χ2v) is 6.13. The lowest BCUT2D eigenvalue weighted by molar-refractivity contribution is 0.102. The molecular formula is C19H23NO. The van der Waals surface area contributed by atoms with Crippen LogP contribution in [0.1, 0.15) is 48.7 Å². The lowest BCUT2D eigenvalue weighted by Crippen LogP contribution is -2.16. The van der Waals surface area contributed by atoms with Crippen LogP contribution in [0.2, 0.25) is 0 Å². The number of carbonyl (C=O) groups excluding carboxylic acids is 1. The Morgan fingerprint density at radius 1 is 1.00 bits per heavy atom. The second kappa shape index (κ2) is 6.13. The molecule has 0 aliphatic carbocycles. The zero-order chi connectivity index (χ0) is 15.5. The van der Waals surface area contributed by atoms with Gasteiger partial charge in [-0.25, -0.2) is 0 Å². The smallest absolute Gasteiger partial charge is 0.255 e. The van der Waals surface area contributed by atoms with Crippen LogP contribution in [0.4, 0.5) is 5.69 Å². The third-order valence-corrected chi connectivity index (χ3v) is 4.12. The quantitative estimate of drug-likeness (QED) is 0.845. The van der Waals surface area contributed by atoms with E-state index in [0.717, 1.165) is 17.7 Å². The van der Waals surface area contributed by atoms with Gasteiger partial charge in [-0.3, -0.25) is 4.79 Å². The minimum Gasteiger partial charge on any atom is -0.322 e. The highest BCUT2D eigenvalue weighted by molar-refractivity contribution is 6.04. The summed E-state index contributed by atoms with van der Waals surface area (Å²) >= 11 is 0. The van der Waals surface area contributed by atoms with E-state index in [9.17, 15) is 4.79 Å². The summed E-state index contributed by atoms with van der Waals surface area (Å²) in [4.78, 5) is 12.2. The van der Waals surface area contributed by atoms with Crippen molar-refractivity contribution in [2.45, 2.75) is 39.5 Å². The van der Waals surface area contributed by atoms with Gasteiger partial charge in [-0.2, -0.15) is 0 Å². The largest absolute Gasteiger partial charge is 0.322 e. The SMILES string of the molecule is CCC(C)(C)c1ccc(NC(=O)c2ccc(C)cc2)cc1. The predicted octanol–water partition coefficient (Wildman–Crippen LogP) is 4.93. The lowest BCUT2D eigenvalue weighted by atomic mass is 9.82. The molecule has 110 valence electrons. The van der Waals surface area contributed by atoms with E-state index in [1.165, 1.54) is 5.56 Å². The minimum atomic E-state index is -0.0718. The summed E-state index contributed by atoms with van der Waals surface area (Å²) in [6.45, 7) is 8.66. The summed E-state index contributed by atoms with van der Waals surface area (Å²) < 4.78 is 0. The van der Waals surface area contributed by atoms with Crippen LogP contribution in [-0.2, 0) is 5.41 Å². The topological polar surface area (TPSA) is 29.1 Å². The van der Waals surface area contributed by atoms with Crippen molar-refractivity contribution in [3.63, 3.8) is 0 Å². The summed E-state index contributed by atoms with van der Waals surface area (Å²) in [5.74, 6) is -0.0718. The van der Waals surface area contributed by atoms with Crippen molar-refractivity contribution < 1.29 is 4.79 Å². The summed E-state index contributed by atoms with van der Waals surface area (Å²) in [5.41, 5.74) is 4.12. The number of carbonyl (C=O) groups is 1. The van der Waals surface area contributed by atoms with Crippen molar-refractivity contribution in [1.82, 2.24) is 0 Å². The average molecular weight is 281 g/mol. The molecule has 0 aromatic heterocycles. The minimum absolute atomic E-state index is 0.0718. The predicted molar refractivity (Wildman–Crippen MR) is 88.9 cm³/mol. The van der Waals surface area contributed by atoms with Gasteiger partial charge in [0.25, 0.3) is 5.91 Å². The van der Waals surface area contributed by atoms with Crippen LogP contribution in [0.25, 0.3) is 0 Å². The number of amides is 1. The number of hydrogen-bond acceptors (Lipinski definition) is 1. The highest BCUT2D eigenvalue weighted by Gasteiger charge is 2.17. The van der Waals surface area contributed by atoms with Crippen LogP contribution < -0.4 is 5.32 Å². The van der Waals surface area contributed by atoms with Crippen molar-refractivity contribution in [2.75, 3.05) is 5.32 Å². The van der Waals surface area contributed by atoms with Crippen LogP contribution in [0.5, 0.6) is 0 Å². The molecule has 1 amide bonds. The van der Waals surface area contributed by atoms with Gasteiger partial charge in [0.1, 0.15) is 0 Å². The fourth-order valence-electron chi connectivity index (χ4n) is 2.12. The maximum Gasteiger partial charge on any atom is 0.255 e. The summed E-state index contributed by atoms with van der Waals surface area (Å²) in [6.07, 6.45) is 1.09. The number of rotatable bonds is 4. The molecule has 2 rings (SSSR count). The molecule has 2 aromatic rings. The third-order valence-electron chi connectivity index (χ3n) is 4.12. The third kappa shape index (κ3) is 3.72. The van der Waals surface area contributed by atoms with Crippen LogP contribution in [0.15, 0.2) is 48.5 Å². The monoisotopic (exact) mass is 281 g/mol. The van der Waals surface area contributed by atoms with Gasteiger partial charge in [-0.15, -0.1) is 0 Å². The Bertz CT molecular complexity index is 609. The normalized spacial score (nSPS) is 11.2. The number of anilines is 1. The van der Waals surface area contributed by atoms with E-state index in [-0.39, 0.29) is 11.3 Å². The number of nitrogens with one attached hydrogen (secondary N) is 1. The zero-order valence-electron chi connectivity index (χ0n) is 13.2. The Kier molecular flexibility index (Phi) is 4.46. The van der Waals surface area contributed by atoms with Crippen molar-refractivity contribution in [3.05, 3.63) is 65.2 Å². The standard InChI is InChI=1S/C19H23NO/c1-5-19(3,4)16-10-12-17(13-11-16)20-18(21)15-8-6-14(2)7-9-15/h6-13H,5H2,1-4H3,(H,20,21). The maximum atomic E-state index is 12.2. The van der Waals surface area contributed by atoms with Crippen molar-refractivity contribution in [2.24, 2.45) is 0 Å². The van der Waals surface area contributed by atoms with Gasteiger partial charge in [-0.1, -0.05) is 50.6 Å². The molecule has 2 aromatic carbocycles. The van der Waals surface area contributed by atoms with E-state index in [2.05, 4.69) is 38.2 Å². The highest BCUT2D eigenvalue weighted by atomic mass is 16.1. The van der Waals surface area contributed by atoms with Crippen LogP contribution >= 0.6 is 0 Å². The first-order chi connectivity index (χ1) is 9.92. The van der Waals surface area contributed by atoms with Crippen molar-refractivity contribution >= 4 is 11.6 Å². The van der Waals surface area contributed by atoms with Crippen molar-refractivity contribution in [1.29, 1.82) is 0 Å². The fourth-order valence-corrected chi connectivity index (χ4v) is 2.12. The van der Waals surface area contributed by atoms with Gasteiger partial charge in [0.2, 0.25) is 0 Å². The number of aryl methyl sites for hydroxylation is 1. The molecule has 0 heterocycles. The van der Waals surface area contributed by atoms with E-state index < -0.39 is 0 Å². The molecule has 0 atom stereocenters. The first kappa shape index (κ1) is 15.3. The fraction of sp³-hybridized carbons (Fsp3) is 0.316. The van der Waals surface area contributed by atoms with Crippen molar-refractivity contribution in [3.8, 4) is 0 Å². The molecule has 0 spiro atoms. The Morgan fingerprint density at radius 2 is 1.57 bits per heavy atom. The number of benzene rings is 2. The van der Waals surface area contributed by atoms with Gasteiger partial charge in [-0.05, 0) is 48.6 Å². The van der Waals surface area contributed by atoms with E-state index in [1.807, 2.05) is 43.3 Å². The molecule has 21 heavy (non-hydrogen) atoms. The summed E-state index contributed by atoms with van der Waals surface area (Å²) in [7, 11) is 0. The van der Waals surface area contributed by atoms with Crippen LogP contribution in [0, 0.1) is 6.92 Å². The number of hydrogen-bond donors (Lipinski definition) is 1. The molecule has 0 saturated carbocycles. The molecule has 0 unspecified atom stereocenters. The maximum absolute atomic E-state index is 12.2. The Labute approximate surface area is 127 Å².